The molecule has 2 spiro atoms. The molecule has 1 aromatic rings. The van der Waals surface area contributed by atoms with Gasteiger partial charge in [-0.05, 0) is 81.3 Å². The van der Waals surface area contributed by atoms with E-state index in [2.05, 4.69) is 50.0 Å². The summed E-state index contributed by atoms with van der Waals surface area (Å²) >= 11 is 1.60. The van der Waals surface area contributed by atoms with E-state index in [9.17, 15) is 15.0 Å². The number of aryl methyl sites for hydroxylation is 1. The number of ether oxygens (including phenoxy) is 1. The molecule has 38 heavy (non-hydrogen) atoms. The first-order chi connectivity index (χ1) is 18.1. The van der Waals surface area contributed by atoms with Crippen LogP contribution in [0.1, 0.15) is 73.3 Å². The van der Waals surface area contributed by atoms with E-state index < -0.39 is 5.60 Å². The van der Waals surface area contributed by atoms with Crippen LogP contribution in [0.3, 0.4) is 0 Å². The van der Waals surface area contributed by atoms with Gasteiger partial charge in [-0.25, -0.2) is 0 Å². The largest absolute Gasteiger partial charge is 0.393 e. The Morgan fingerprint density at radius 3 is 2.50 bits per heavy atom. The van der Waals surface area contributed by atoms with Gasteiger partial charge in [-0.1, -0.05) is 32.1 Å². The lowest BCUT2D eigenvalue weighted by Gasteiger charge is -2.71. The van der Waals surface area contributed by atoms with Crippen LogP contribution in [0.4, 0.5) is 0 Å². The number of thiophene rings is 1. The Hall–Kier alpha value is -1.31. The van der Waals surface area contributed by atoms with Crippen LogP contribution < -0.4 is 0 Å². The normalized spacial score (nSPS) is 47.8. The van der Waals surface area contributed by atoms with Crippen LogP contribution >= 0.6 is 11.3 Å². The number of aliphatic hydroxyl groups excluding tert-OH is 1. The summed E-state index contributed by atoms with van der Waals surface area (Å²) in [4.78, 5) is 18.8. The van der Waals surface area contributed by atoms with Gasteiger partial charge in [0.2, 0.25) is 0 Å². The molecule has 2 N–H and O–H groups in total. The molecule has 1 saturated heterocycles. The van der Waals surface area contributed by atoms with Gasteiger partial charge in [0.1, 0.15) is 0 Å². The number of Topliss-reactive ketones (excluding diaryl/α,β-unsaturated/α-hetero) is 1. The van der Waals surface area contributed by atoms with Crippen molar-refractivity contribution in [2.75, 3.05) is 32.8 Å². The van der Waals surface area contributed by atoms with Crippen LogP contribution in [0.15, 0.2) is 35.9 Å². The Balaban J connectivity index is 1.36. The third-order valence-corrected chi connectivity index (χ3v) is 13.5. The Kier molecular flexibility index (Phi) is 5.64. The molecular formula is C32H43NO4S. The molecule has 8 atom stereocenters. The lowest BCUT2D eigenvalue weighted by molar-refractivity contribution is -0.178. The van der Waals surface area contributed by atoms with Crippen molar-refractivity contribution in [3.8, 4) is 0 Å². The summed E-state index contributed by atoms with van der Waals surface area (Å²) < 4.78 is 5.60. The number of fused-ring (bicyclic) bond motifs is 1. The van der Waals surface area contributed by atoms with Crippen molar-refractivity contribution in [1.29, 1.82) is 0 Å². The topological polar surface area (TPSA) is 70.0 Å². The fourth-order valence-electron chi connectivity index (χ4n) is 10.4. The number of carbonyl (C=O) groups excluding carboxylic acids is 1. The SMILES string of the molecule is Cc1ccc(C(=O)C2=CC34C=CC25C(CCC2(C)C5CCC2(O)CN2CCOCC2)C3(C)CCC(O)C4)s1. The van der Waals surface area contributed by atoms with Gasteiger partial charge in [0.15, 0.2) is 5.78 Å². The Morgan fingerprint density at radius 2 is 1.76 bits per heavy atom. The molecule has 6 heteroatoms. The van der Waals surface area contributed by atoms with Gasteiger partial charge in [-0.3, -0.25) is 9.69 Å². The summed E-state index contributed by atoms with van der Waals surface area (Å²) in [5.74, 6) is 0.738. The number of rotatable bonds is 4. The third kappa shape index (κ3) is 3.16. The molecule has 2 bridgehead atoms. The van der Waals surface area contributed by atoms with Gasteiger partial charge >= 0.3 is 0 Å². The van der Waals surface area contributed by atoms with E-state index in [1.54, 1.807) is 11.3 Å². The first-order valence-electron chi connectivity index (χ1n) is 14.8. The summed E-state index contributed by atoms with van der Waals surface area (Å²) in [5.41, 5.74) is -0.696. The zero-order valence-electron chi connectivity index (χ0n) is 23.2. The molecule has 2 heterocycles. The zero-order chi connectivity index (χ0) is 26.6. The minimum absolute atomic E-state index is 0.0162. The number of allylic oxidation sites excluding steroid dienone is 4. The predicted molar refractivity (Wildman–Crippen MR) is 149 cm³/mol. The second-order valence-electron chi connectivity index (χ2n) is 13.9. The van der Waals surface area contributed by atoms with E-state index in [1.165, 1.54) is 0 Å². The van der Waals surface area contributed by atoms with E-state index in [1.807, 2.05) is 6.07 Å². The van der Waals surface area contributed by atoms with Crippen LogP contribution in [0.5, 0.6) is 0 Å². The summed E-state index contributed by atoms with van der Waals surface area (Å²) in [6.45, 7) is 10.8. The maximum Gasteiger partial charge on any atom is 0.199 e. The molecule has 1 aromatic heterocycles. The molecular weight excluding hydrogens is 494 g/mol. The van der Waals surface area contributed by atoms with Gasteiger partial charge in [-0.2, -0.15) is 0 Å². The zero-order valence-corrected chi connectivity index (χ0v) is 24.0. The number of carbonyl (C=O) groups is 1. The molecule has 0 aromatic carbocycles. The highest BCUT2D eigenvalue weighted by atomic mass is 32.1. The Labute approximate surface area is 230 Å². The van der Waals surface area contributed by atoms with Crippen molar-refractivity contribution in [1.82, 2.24) is 4.90 Å². The number of β-amino-alcohol motifs (C(OH)–C–C–N with tert-alkyl or cyclic N) is 1. The van der Waals surface area contributed by atoms with E-state index >= 15 is 0 Å². The van der Waals surface area contributed by atoms with Crippen molar-refractivity contribution in [3.05, 3.63) is 45.7 Å². The number of morpholine rings is 1. The van der Waals surface area contributed by atoms with Gasteiger partial charge in [0, 0.05) is 46.3 Å². The van der Waals surface area contributed by atoms with E-state index in [-0.39, 0.29) is 39.5 Å². The lowest BCUT2D eigenvalue weighted by Crippen LogP contribution is -2.67. The van der Waals surface area contributed by atoms with Crippen LogP contribution in [-0.4, -0.2) is 65.4 Å². The number of hydrogen-bond donors (Lipinski definition) is 2. The number of nitrogens with zero attached hydrogens (tertiary/aromatic N) is 1. The average molecular weight is 538 g/mol. The summed E-state index contributed by atoms with van der Waals surface area (Å²) in [6.07, 6.45) is 13.1. The Bertz CT molecular complexity index is 1220. The van der Waals surface area contributed by atoms with Crippen LogP contribution in [0.25, 0.3) is 0 Å². The molecule has 3 saturated carbocycles. The van der Waals surface area contributed by atoms with Gasteiger partial charge in [-0.15, -0.1) is 11.3 Å². The van der Waals surface area contributed by atoms with Crippen molar-refractivity contribution in [2.24, 2.45) is 33.5 Å². The predicted octanol–water partition coefficient (Wildman–Crippen LogP) is 5.16. The first kappa shape index (κ1) is 25.6. The Morgan fingerprint density at radius 1 is 1.05 bits per heavy atom. The second kappa shape index (κ2) is 8.36. The summed E-state index contributed by atoms with van der Waals surface area (Å²) in [5, 5.41) is 23.3. The summed E-state index contributed by atoms with van der Waals surface area (Å²) in [6, 6.07) is 4.05. The number of hydrogen-bond acceptors (Lipinski definition) is 6. The highest BCUT2D eigenvalue weighted by molar-refractivity contribution is 7.14. The summed E-state index contributed by atoms with van der Waals surface area (Å²) in [7, 11) is 0. The van der Waals surface area contributed by atoms with Crippen molar-refractivity contribution < 1.29 is 19.7 Å². The first-order valence-corrected chi connectivity index (χ1v) is 15.6. The smallest absolute Gasteiger partial charge is 0.199 e. The third-order valence-electron chi connectivity index (χ3n) is 12.5. The van der Waals surface area contributed by atoms with Crippen molar-refractivity contribution in [2.45, 2.75) is 77.4 Å². The highest BCUT2D eigenvalue weighted by Crippen LogP contribution is 2.78. The minimum atomic E-state index is -0.772. The van der Waals surface area contributed by atoms with Crippen LogP contribution in [0.2, 0.25) is 0 Å². The quantitative estimate of drug-likeness (QED) is 0.410. The molecule has 1 aliphatic heterocycles. The van der Waals surface area contributed by atoms with Gasteiger partial charge in [0.05, 0.1) is 29.8 Å². The van der Waals surface area contributed by atoms with Gasteiger partial charge in [0.25, 0.3) is 0 Å². The molecule has 7 aliphatic rings. The van der Waals surface area contributed by atoms with Crippen LogP contribution in [-0.2, 0) is 4.74 Å². The van der Waals surface area contributed by atoms with Crippen molar-refractivity contribution >= 4 is 17.1 Å². The molecule has 4 fully saturated rings. The standard InChI is InChI=1S/C32H43NO4S/c1-21-4-5-24(38-21)27(35)23-19-30-12-13-32(23)25(28(30,2)9-6-22(34)18-30)7-10-29(3)26(32)8-11-31(29,36)20-33-14-16-37-17-15-33/h4-5,12-13,19,22,25-26,34,36H,6-11,14-18,20H2,1-3H3. The molecule has 8 rings (SSSR count). The lowest BCUT2D eigenvalue weighted by atomic mass is 9.32. The number of aliphatic hydroxyl groups is 2. The average Bonchev–Trinajstić information content (AvgIpc) is 3.44. The molecule has 0 radical (unpaired) electrons. The molecule has 5 nitrogen and oxygen atoms in total. The van der Waals surface area contributed by atoms with E-state index in [4.69, 9.17) is 4.74 Å². The number of ketones is 1. The molecule has 8 unspecified atom stereocenters. The maximum absolute atomic E-state index is 14.4. The minimum Gasteiger partial charge on any atom is -0.393 e. The fourth-order valence-corrected chi connectivity index (χ4v) is 11.2. The van der Waals surface area contributed by atoms with Crippen LogP contribution in [0, 0.1) is 40.4 Å². The fraction of sp³-hybridized carbons (Fsp3) is 0.719. The highest BCUT2D eigenvalue weighted by Gasteiger charge is 2.74. The van der Waals surface area contributed by atoms with Crippen molar-refractivity contribution in [3.63, 3.8) is 0 Å². The van der Waals surface area contributed by atoms with Gasteiger partial charge < -0.3 is 14.9 Å². The molecule has 0 amide bonds. The molecule has 206 valence electrons. The van der Waals surface area contributed by atoms with E-state index in [0.717, 1.165) is 80.2 Å². The maximum atomic E-state index is 14.4. The monoisotopic (exact) mass is 537 g/mol. The van der Waals surface area contributed by atoms with E-state index in [0.29, 0.717) is 18.9 Å². The second-order valence-corrected chi connectivity index (χ2v) is 15.2. The molecule has 6 aliphatic carbocycles.